The van der Waals surface area contributed by atoms with E-state index in [1.807, 2.05) is 13.8 Å². The number of carbonyl (C=O) groups excluding carboxylic acids is 1. The van der Waals surface area contributed by atoms with Crippen LogP contribution >= 0.6 is 11.6 Å². The number of halogens is 1. The van der Waals surface area contributed by atoms with Crippen molar-refractivity contribution in [2.75, 3.05) is 13.2 Å². The minimum absolute atomic E-state index is 0.136. The Kier molecular flexibility index (Phi) is 6.05. The third-order valence-corrected chi connectivity index (χ3v) is 3.29. The molecule has 1 heterocycles. The highest BCUT2D eigenvalue weighted by molar-refractivity contribution is 6.31. The van der Waals surface area contributed by atoms with E-state index in [0.717, 1.165) is 11.3 Å². The van der Waals surface area contributed by atoms with Crippen LogP contribution in [0.15, 0.2) is 6.08 Å². The van der Waals surface area contributed by atoms with Crippen LogP contribution in [0.25, 0.3) is 6.08 Å². The Morgan fingerprint density at radius 2 is 2.32 bits per heavy atom. The van der Waals surface area contributed by atoms with Gasteiger partial charge in [-0.3, -0.25) is 9.48 Å². The molecule has 0 aliphatic carbocycles. The molecule has 0 bridgehead atoms. The molecule has 0 fully saturated rings. The van der Waals surface area contributed by atoms with Gasteiger partial charge in [-0.25, -0.2) is 0 Å². The second-order valence-electron chi connectivity index (χ2n) is 4.61. The Hall–Kier alpha value is -1.33. The fourth-order valence-electron chi connectivity index (χ4n) is 1.65. The third kappa shape index (κ3) is 4.69. The predicted molar refractivity (Wildman–Crippen MR) is 75.9 cm³/mol. The summed E-state index contributed by atoms with van der Waals surface area (Å²) < 4.78 is 1.57. The number of aliphatic hydroxyl groups excluding tert-OH is 1. The number of aromatic nitrogens is 2. The molecule has 0 spiro atoms. The zero-order valence-electron chi connectivity index (χ0n) is 11.5. The van der Waals surface area contributed by atoms with Gasteiger partial charge in [0.25, 0.3) is 0 Å². The van der Waals surface area contributed by atoms with Crippen molar-refractivity contribution in [3.63, 3.8) is 0 Å². The van der Waals surface area contributed by atoms with E-state index in [1.54, 1.807) is 17.8 Å². The summed E-state index contributed by atoms with van der Waals surface area (Å²) >= 11 is 6.06. The Labute approximate surface area is 118 Å². The normalized spacial score (nSPS) is 12.9. The Morgan fingerprint density at radius 3 is 2.84 bits per heavy atom. The number of carbonyl (C=O) groups is 1. The first kappa shape index (κ1) is 15.7. The van der Waals surface area contributed by atoms with E-state index in [-0.39, 0.29) is 18.4 Å². The quantitative estimate of drug-likeness (QED) is 0.779. The summed E-state index contributed by atoms with van der Waals surface area (Å²) in [6, 6.07) is 0. The van der Waals surface area contributed by atoms with Gasteiger partial charge in [-0.05, 0) is 25.3 Å². The van der Waals surface area contributed by atoms with Gasteiger partial charge < -0.3 is 10.4 Å². The van der Waals surface area contributed by atoms with Gasteiger partial charge in [0.2, 0.25) is 5.91 Å². The smallest absolute Gasteiger partial charge is 0.244 e. The fraction of sp³-hybridized carbons (Fsp3) is 0.538. The molecule has 106 valence electrons. The van der Waals surface area contributed by atoms with Crippen LogP contribution in [0.4, 0.5) is 0 Å². The van der Waals surface area contributed by atoms with Gasteiger partial charge in [0.15, 0.2) is 0 Å². The molecule has 0 aliphatic heterocycles. The van der Waals surface area contributed by atoms with Crippen molar-refractivity contribution in [2.45, 2.75) is 20.3 Å². The number of aliphatic hydroxyl groups is 1. The van der Waals surface area contributed by atoms with Gasteiger partial charge in [0.05, 0.1) is 5.69 Å². The number of nitrogens with one attached hydrogen (secondary N) is 1. The van der Waals surface area contributed by atoms with Gasteiger partial charge in [0, 0.05) is 31.8 Å². The molecule has 1 unspecified atom stereocenters. The lowest BCUT2D eigenvalue weighted by Gasteiger charge is -2.09. The largest absolute Gasteiger partial charge is 0.396 e. The topological polar surface area (TPSA) is 67.2 Å². The minimum Gasteiger partial charge on any atom is -0.396 e. The van der Waals surface area contributed by atoms with Crippen LogP contribution < -0.4 is 5.32 Å². The van der Waals surface area contributed by atoms with Crippen molar-refractivity contribution in [2.24, 2.45) is 13.0 Å². The molecular formula is C13H20ClN3O2. The number of aryl methyl sites for hydroxylation is 2. The van der Waals surface area contributed by atoms with E-state index in [0.29, 0.717) is 18.1 Å². The molecule has 6 heteroatoms. The average molecular weight is 286 g/mol. The molecule has 0 radical (unpaired) electrons. The monoisotopic (exact) mass is 285 g/mol. The lowest BCUT2D eigenvalue weighted by atomic mass is 10.1. The maximum atomic E-state index is 11.6. The third-order valence-electron chi connectivity index (χ3n) is 2.84. The van der Waals surface area contributed by atoms with Crippen LogP contribution in [0.1, 0.15) is 24.6 Å². The minimum atomic E-state index is -0.177. The van der Waals surface area contributed by atoms with Gasteiger partial charge in [-0.1, -0.05) is 18.5 Å². The first-order valence-electron chi connectivity index (χ1n) is 6.21. The molecule has 0 saturated carbocycles. The van der Waals surface area contributed by atoms with Crippen LogP contribution in [0.2, 0.25) is 5.15 Å². The number of amides is 1. The number of hydrogen-bond donors (Lipinski definition) is 2. The van der Waals surface area contributed by atoms with Crippen LogP contribution in [-0.2, 0) is 11.8 Å². The summed E-state index contributed by atoms with van der Waals surface area (Å²) in [7, 11) is 1.75. The second kappa shape index (κ2) is 7.31. The van der Waals surface area contributed by atoms with Gasteiger partial charge in [-0.15, -0.1) is 0 Å². The average Bonchev–Trinajstić information content (AvgIpc) is 2.59. The van der Waals surface area contributed by atoms with E-state index in [2.05, 4.69) is 10.4 Å². The molecule has 19 heavy (non-hydrogen) atoms. The van der Waals surface area contributed by atoms with E-state index in [9.17, 15) is 4.79 Å². The second-order valence-corrected chi connectivity index (χ2v) is 4.97. The predicted octanol–water partition coefficient (Wildman–Crippen LogP) is 1.53. The Balaban J connectivity index is 2.54. The molecule has 5 nitrogen and oxygen atoms in total. The van der Waals surface area contributed by atoms with Crippen molar-refractivity contribution >= 4 is 23.6 Å². The standard InChI is InChI=1S/C13H20ClN3O2/c1-9(6-7-18)8-15-12(19)5-4-11-10(2)16-17(3)13(11)14/h4-5,9,18H,6-8H2,1-3H3,(H,15,19). The summed E-state index contributed by atoms with van der Waals surface area (Å²) in [5.41, 5.74) is 1.54. The molecule has 0 aliphatic rings. The van der Waals surface area contributed by atoms with Crippen LogP contribution in [0.3, 0.4) is 0 Å². The molecule has 0 saturated heterocycles. The van der Waals surface area contributed by atoms with E-state index in [4.69, 9.17) is 16.7 Å². The number of nitrogens with zero attached hydrogens (tertiary/aromatic N) is 2. The van der Waals surface area contributed by atoms with Gasteiger partial charge in [-0.2, -0.15) is 5.10 Å². The SMILES string of the molecule is Cc1nn(C)c(Cl)c1C=CC(=O)NCC(C)CCO. The van der Waals surface area contributed by atoms with Crippen molar-refractivity contribution in [3.05, 3.63) is 22.5 Å². The molecule has 2 N–H and O–H groups in total. The molecule has 1 aromatic heterocycles. The molecular weight excluding hydrogens is 266 g/mol. The summed E-state index contributed by atoms with van der Waals surface area (Å²) in [5, 5.41) is 16.2. The summed E-state index contributed by atoms with van der Waals surface area (Å²) in [4.78, 5) is 11.6. The van der Waals surface area contributed by atoms with E-state index < -0.39 is 0 Å². The van der Waals surface area contributed by atoms with Crippen molar-refractivity contribution < 1.29 is 9.90 Å². The maximum absolute atomic E-state index is 11.6. The summed E-state index contributed by atoms with van der Waals surface area (Å²) in [5.74, 6) is 0.0789. The van der Waals surface area contributed by atoms with Crippen LogP contribution in [0, 0.1) is 12.8 Å². The van der Waals surface area contributed by atoms with Crippen LogP contribution in [-0.4, -0.2) is 33.9 Å². The van der Waals surface area contributed by atoms with Gasteiger partial charge in [0.1, 0.15) is 5.15 Å². The van der Waals surface area contributed by atoms with Gasteiger partial charge >= 0.3 is 0 Å². The maximum Gasteiger partial charge on any atom is 0.244 e. The fourth-order valence-corrected chi connectivity index (χ4v) is 1.89. The first-order chi connectivity index (χ1) is 8.95. The number of rotatable bonds is 6. The van der Waals surface area contributed by atoms with Crippen LogP contribution in [0.5, 0.6) is 0 Å². The Morgan fingerprint density at radius 1 is 1.63 bits per heavy atom. The summed E-state index contributed by atoms with van der Waals surface area (Å²) in [6.07, 6.45) is 3.79. The number of hydrogen-bond acceptors (Lipinski definition) is 3. The highest BCUT2D eigenvalue weighted by Gasteiger charge is 2.08. The van der Waals surface area contributed by atoms with E-state index in [1.165, 1.54) is 6.08 Å². The Bertz CT molecular complexity index is 469. The lowest BCUT2D eigenvalue weighted by Crippen LogP contribution is -2.26. The lowest BCUT2D eigenvalue weighted by molar-refractivity contribution is -0.116. The molecule has 0 aromatic carbocycles. The van der Waals surface area contributed by atoms with Crippen molar-refractivity contribution in [1.82, 2.24) is 15.1 Å². The zero-order valence-corrected chi connectivity index (χ0v) is 12.2. The summed E-state index contributed by atoms with van der Waals surface area (Å²) in [6.45, 7) is 4.50. The van der Waals surface area contributed by atoms with Crippen molar-refractivity contribution in [3.8, 4) is 0 Å². The van der Waals surface area contributed by atoms with Crippen molar-refractivity contribution in [1.29, 1.82) is 0 Å². The molecule has 1 amide bonds. The highest BCUT2D eigenvalue weighted by atomic mass is 35.5. The molecule has 1 aromatic rings. The molecule has 1 rings (SSSR count). The highest BCUT2D eigenvalue weighted by Crippen LogP contribution is 2.19. The first-order valence-corrected chi connectivity index (χ1v) is 6.59. The zero-order chi connectivity index (χ0) is 14.4. The molecule has 1 atom stereocenters. The van der Waals surface area contributed by atoms with E-state index >= 15 is 0 Å².